The minimum absolute atomic E-state index is 0.0298. The van der Waals surface area contributed by atoms with Crippen LogP contribution < -0.4 is 10.6 Å². The van der Waals surface area contributed by atoms with Gasteiger partial charge in [0.2, 0.25) is 5.91 Å². The second-order valence-electron chi connectivity index (χ2n) is 10.5. The summed E-state index contributed by atoms with van der Waals surface area (Å²) < 4.78 is 5.35. The number of aromatic hydroxyl groups is 1. The number of alkyl carbamates (subject to hydrolysis) is 1. The van der Waals surface area contributed by atoms with Crippen LogP contribution in [0.25, 0.3) is 0 Å². The zero-order chi connectivity index (χ0) is 27.3. The van der Waals surface area contributed by atoms with Crippen molar-refractivity contribution in [1.29, 1.82) is 0 Å². The van der Waals surface area contributed by atoms with Gasteiger partial charge in [0.1, 0.15) is 23.4 Å². The van der Waals surface area contributed by atoms with E-state index in [4.69, 9.17) is 4.74 Å². The van der Waals surface area contributed by atoms with E-state index in [0.717, 1.165) is 24.8 Å². The van der Waals surface area contributed by atoms with Crippen LogP contribution in [0.15, 0.2) is 42.5 Å². The highest BCUT2D eigenvalue weighted by Gasteiger charge is 2.42. The van der Waals surface area contributed by atoms with E-state index in [1.807, 2.05) is 31.2 Å². The molecule has 2 atom stereocenters. The standard InChI is InChI=1S/C28H37N3O5S/c1-17-9-6-7-12-21(17)29-25(33)24(19-13-14-23(32)18(2)15-19)31(20-10-8-11-20)26(34)22(16-37)30-27(35)36-28(3,4)5/h6-7,9,12-15,20,22,24,32,37H,8,10-11,16H2,1-5H3,(H,29,33)(H,30,35). The van der Waals surface area contributed by atoms with E-state index >= 15 is 0 Å². The molecule has 0 bridgehead atoms. The molecule has 37 heavy (non-hydrogen) atoms. The summed E-state index contributed by atoms with van der Waals surface area (Å²) in [6.07, 6.45) is 1.68. The number of hydrogen-bond acceptors (Lipinski definition) is 6. The lowest BCUT2D eigenvalue weighted by molar-refractivity contribution is -0.145. The second-order valence-corrected chi connectivity index (χ2v) is 10.8. The van der Waals surface area contributed by atoms with Crippen LogP contribution in [-0.2, 0) is 14.3 Å². The van der Waals surface area contributed by atoms with Crippen molar-refractivity contribution in [3.8, 4) is 5.75 Å². The smallest absolute Gasteiger partial charge is 0.408 e. The summed E-state index contributed by atoms with van der Waals surface area (Å²) in [7, 11) is 0. The van der Waals surface area contributed by atoms with Crippen molar-refractivity contribution in [2.75, 3.05) is 11.1 Å². The van der Waals surface area contributed by atoms with Gasteiger partial charge in [0.25, 0.3) is 5.91 Å². The number of ether oxygens (including phenoxy) is 1. The van der Waals surface area contributed by atoms with Crippen LogP contribution in [0.5, 0.6) is 5.75 Å². The number of amides is 3. The molecule has 3 rings (SSSR count). The highest BCUT2D eigenvalue weighted by Crippen LogP contribution is 2.35. The van der Waals surface area contributed by atoms with Gasteiger partial charge >= 0.3 is 6.09 Å². The largest absolute Gasteiger partial charge is 0.508 e. The van der Waals surface area contributed by atoms with Gasteiger partial charge < -0.3 is 25.4 Å². The topological polar surface area (TPSA) is 108 Å². The van der Waals surface area contributed by atoms with E-state index in [0.29, 0.717) is 16.8 Å². The van der Waals surface area contributed by atoms with Gasteiger partial charge in [-0.05, 0) is 88.8 Å². The van der Waals surface area contributed by atoms with Gasteiger partial charge in [-0.1, -0.05) is 24.3 Å². The Morgan fingerprint density at radius 1 is 1.11 bits per heavy atom. The van der Waals surface area contributed by atoms with Gasteiger partial charge in [-0.15, -0.1) is 0 Å². The molecule has 3 amide bonds. The SMILES string of the molecule is Cc1cc(C(C(=O)Nc2ccccc2C)N(C(=O)C(CS)NC(=O)OC(C)(C)C)C2CCC2)ccc1O. The maximum Gasteiger partial charge on any atom is 0.408 e. The summed E-state index contributed by atoms with van der Waals surface area (Å²) in [5.41, 5.74) is 1.95. The van der Waals surface area contributed by atoms with Crippen LogP contribution in [-0.4, -0.2) is 51.4 Å². The number of benzene rings is 2. The fraction of sp³-hybridized carbons (Fsp3) is 0.464. The first-order valence-corrected chi connectivity index (χ1v) is 13.1. The molecule has 8 nitrogen and oxygen atoms in total. The molecule has 0 aliphatic heterocycles. The predicted octanol–water partition coefficient (Wildman–Crippen LogP) is 4.89. The summed E-state index contributed by atoms with van der Waals surface area (Å²) in [4.78, 5) is 41.9. The minimum Gasteiger partial charge on any atom is -0.508 e. The van der Waals surface area contributed by atoms with Gasteiger partial charge in [-0.25, -0.2) is 4.79 Å². The summed E-state index contributed by atoms with van der Waals surface area (Å²) in [5.74, 6) is -0.665. The van der Waals surface area contributed by atoms with Crippen molar-refractivity contribution in [3.63, 3.8) is 0 Å². The van der Waals surface area contributed by atoms with Crippen LogP contribution in [0.2, 0.25) is 0 Å². The average Bonchev–Trinajstić information content (AvgIpc) is 2.78. The van der Waals surface area contributed by atoms with Gasteiger partial charge in [0.15, 0.2) is 0 Å². The quantitative estimate of drug-likeness (QED) is 0.366. The lowest BCUT2D eigenvalue weighted by Crippen LogP contribution is -2.57. The number of anilines is 1. The maximum absolute atomic E-state index is 14.0. The third-order valence-electron chi connectivity index (χ3n) is 6.36. The number of nitrogens with zero attached hydrogens (tertiary/aromatic N) is 1. The fourth-order valence-electron chi connectivity index (χ4n) is 4.20. The van der Waals surface area contributed by atoms with E-state index in [1.54, 1.807) is 44.7 Å². The van der Waals surface area contributed by atoms with Crippen LogP contribution in [0.3, 0.4) is 0 Å². The summed E-state index contributed by atoms with van der Waals surface area (Å²) in [6.45, 7) is 8.86. The minimum atomic E-state index is -0.995. The molecule has 2 unspecified atom stereocenters. The van der Waals surface area contributed by atoms with E-state index < -0.39 is 29.7 Å². The summed E-state index contributed by atoms with van der Waals surface area (Å²) in [5, 5.41) is 15.7. The van der Waals surface area contributed by atoms with Crippen LogP contribution in [0, 0.1) is 13.8 Å². The number of aryl methyl sites for hydroxylation is 2. The number of phenolic OH excluding ortho intramolecular Hbond substituents is 1. The van der Waals surface area contributed by atoms with Crippen molar-refractivity contribution in [3.05, 3.63) is 59.2 Å². The molecule has 0 heterocycles. The number of phenols is 1. The molecular formula is C28H37N3O5S. The normalized spacial score (nSPS) is 15.2. The first-order valence-electron chi connectivity index (χ1n) is 12.5. The Kier molecular flexibility index (Phi) is 9.12. The average molecular weight is 528 g/mol. The first kappa shape index (κ1) is 28.4. The lowest BCUT2D eigenvalue weighted by atomic mass is 9.88. The molecule has 2 aromatic rings. The molecule has 2 aromatic carbocycles. The van der Waals surface area contributed by atoms with Crippen molar-refractivity contribution < 1.29 is 24.2 Å². The van der Waals surface area contributed by atoms with E-state index in [1.165, 1.54) is 6.07 Å². The Bertz CT molecular complexity index is 1140. The van der Waals surface area contributed by atoms with Crippen molar-refractivity contribution in [1.82, 2.24) is 10.2 Å². The monoisotopic (exact) mass is 527 g/mol. The molecule has 1 aliphatic rings. The number of hydrogen-bond donors (Lipinski definition) is 4. The number of rotatable bonds is 8. The molecule has 3 N–H and O–H groups in total. The first-order chi connectivity index (χ1) is 17.4. The van der Waals surface area contributed by atoms with E-state index in [9.17, 15) is 19.5 Å². The van der Waals surface area contributed by atoms with E-state index in [2.05, 4.69) is 23.3 Å². The second kappa shape index (κ2) is 11.9. The molecule has 0 aromatic heterocycles. The number of nitrogens with one attached hydrogen (secondary N) is 2. The molecule has 1 fully saturated rings. The molecule has 1 aliphatic carbocycles. The van der Waals surface area contributed by atoms with Crippen molar-refractivity contribution >= 4 is 36.2 Å². The molecular weight excluding hydrogens is 490 g/mol. The Labute approximate surface area is 224 Å². The molecule has 200 valence electrons. The Hall–Kier alpha value is -3.20. The van der Waals surface area contributed by atoms with Crippen molar-refractivity contribution in [2.45, 2.75) is 77.6 Å². The molecule has 1 saturated carbocycles. The fourth-order valence-corrected chi connectivity index (χ4v) is 4.45. The molecule has 0 saturated heterocycles. The predicted molar refractivity (Wildman–Crippen MR) is 147 cm³/mol. The van der Waals surface area contributed by atoms with Gasteiger partial charge in [0, 0.05) is 17.5 Å². The van der Waals surface area contributed by atoms with Gasteiger partial charge in [-0.3, -0.25) is 9.59 Å². The Balaban J connectivity index is 2.01. The van der Waals surface area contributed by atoms with Gasteiger partial charge in [-0.2, -0.15) is 12.6 Å². The van der Waals surface area contributed by atoms with Crippen molar-refractivity contribution in [2.24, 2.45) is 0 Å². The Morgan fingerprint density at radius 3 is 2.32 bits per heavy atom. The molecule has 0 radical (unpaired) electrons. The van der Waals surface area contributed by atoms with Crippen LogP contribution >= 0.6 is 12.6 Å². The highest BCUT2D eigenvalue weighted by atomic mass is 32.1. The maximum atomic E-state index is 14.0. The third-order valence-corrected chi connectivity index (χ3v) is 6.73. The zero-order valence-electron chi connectivity index (χ0n) is 22.1. The number of para-hydroxylation sites is 1. The molecule has 0 spiro atoms. The highest BCUT2D eigenvalue weighted by molar-refractivity contribution is 7.80. The van der Waals surface area contributed by atoms with Crippen LogP contribution in [0.4, 0.5) is 10.5 Å². The van der Waals surface area contributed by atoms with Gasteiger partial charge in [0.05, 0.1) is 0 Å². The number of thiol groups is 1. The van der Waals surface area contributed by atoms with Crippen LogP contribution in [0.1, 0.15) is 62.8 Å². The lowest BCUT2D eigenvalue weighted by Gasteiger charge is -2.43. The van der Waals surface area contributed by atoms with E-state index in [-0.39, 0.29) is 23.5 Å². The Morgan fingerprint density at radius 2 is 1.78 bits per heavy atom. The third kappa shape index (κ3) is 7.19. The summed E-state index contributed by atoms with van der Waals surface area (Å²) >= 11 is 4.33. The number of carbonyl (C=O) groups is 3. The zero-order valence-corrected chi connectivity index (χ0v) is 23.0. The number of carbonyl (C=O) groups excluding carboxylic acids is 3. The summed E-state index contributed by atoms with van der Waals surface area (Å²) in [6, 6.07) is 10.1. The molecule has 9 heteroatoms.